The topological polar surface area (TPSA) is 96.2 Å². The Kier molecular flexibility index (Phi) is 4.74. The van der Waals surface area contributed by atoms with E-state index in [0.717, 1.165) is 24.8 Å². The van der Waals surface area contributed by atoms with E-state index >= 15 is 0 Å². The number of carbonyl (C=O) groups is 1. The van der Waals surface area contributed by atoms with Crippen LogP contribution in [0.25, 0.3) is 0 Å². The zero-order valence-corrected chi connectivity index (χ0v) is 11.6. The third kappa shape index (κ3) is 3.36. The Hall–Kier alpha value is -1.88. The maximum atomic E-state index is 12.5. The van der Waals surface area contributed by atoms with Crippen LogP contribution in [0.5, 0.6) is 0 Å². The molecule has 5 N–H and O–H groups in total. The molecular formula is C15H22N4O. The lowest BCUT2D eigenvalue weighted by molar-refractivity contribution is -0.134. The van der Waals surface area contributed by atoms with Gasteiger partial charge >= 0.3 is 0 Å². The predicted octanol–water partition coefficient (Wildman–Crippen LogP) is 0.873. The molecule has 20 heavy (non-hydrogen) atoms. The number of nitrogens with zero attached hydrogens (tertiary/aromatic N) is 1. The van der Waals surface area contributed by atoms with Crippen LogP contribution in [-0.2, 0) is 11.2 Å². The molecule has 1 amide bonds. The van der Waals surface area contributed by atoms with Crippen LogP contribution in [0.15, 0.2) is 30.3 Å². The fraction of sp³-hybridized carbons (Fsp3) is 0.467. The number of benzene rings is 1. The van der Waals surface area contributed by atoms with E-state index in [0.29, 0.717) is 13.0 Å². The highest BCUT2D eigenvalue weighted by molar-refractivity contribution is 5.90. The van der Waals surface area contributed by atoms with E-state index < -0.39 is 6.04 Å². The Morgan fingerprint density at radius 1 is 1.35 bits per heavy atom. The summed E-state index contributed by atoms with van der Waals surface area (Å²) in [5, 5.41) is 7.62. The largest absolute Gasteiger partial charge is 0.386 e. The van der Waals surface area contributed by atoms with E-state index in [-0.39, 0.29) is 17.8 Å². The molecule has 2 atom stereocenters. The molecule has 5 heteroatoms. The van der Waals surface area contributed by atoms with Crippen LogP contribution in [0.4, 0.5) is 0 Å². The Balaban J connectivity index is 2.03. The third-order valence-corrected chi connectivity index (χ3v) is 3.76. The van der Waals surface area contributed by atoms with E-state index in [1.807, 2.05) is 30.3 Å². The lowest BCUT2D eigenvalue weighted by Gasteiger charge is -2.36. The van der Waals surface area contributed by atoms with Crippen molar-refractivity contribution in [2.45, 2.75) is 37.8 Å². The van der Waals surface area contributed by atoms with Crippen molar-refractivity contribution in [3.63, 3.8) is 0 Å². The zero-order chi connectivity index (χ0) is 14.5. The van der Waals surface area contributed by atoms with E-state index in [4.69, 9.17) is 16.9 Å². The second kappa shape index (κ2) is 6.52. The van der Waals surface area contributed by atoms with Crippen molar-refractivity contribution >= 4 is 11.7 Å². The van der Waals surface area contributed by atoms with Crippen molar-refractivity contribution in [2.24, 2.45) is 11.5 Å². The molecule has 0 spiro atoms. The molecule has 1 aromatic carbocycles. The van der Waals surface area contributed by atoms with Crippen molar-refractivity contribution in [3.05, 3.63) is 35.9 Å². The lowest BCUT2D eigenvalue weighted by Crippen LogP contribution is -2.55. The van der Waals surface area contributed by atoms with Crippen LogP contribution in [0, 0.1) is 5.41 Å². The van der Waals surface area contributed by atoms with Gasteiger partial charge in [0.25, 0.3) is 0 Å². The van der Waals surface area contributed by atoms with E-state index in [1.165, 1.54) is 0 Å². The number of hydrogen-bond acceptors (Lipinski definition) is 3. The summed E-state index contributed by atoms with van der Waals surface area (Å²) in [6, 6.07) is 8.89. The van der Waals surface area contributed by atoms with Crippen molar-refractivity contribution < 1.29 is 4.79 Å². The molecule has 0 saturated carbocycles. The van der Waals surface area contributed by atoms with Crippen molar-refractivity contribution in [1.82, 2.24) is 4.90 Å². The van der Waals surface area contributed by atoms with Crippen LogP contribution in [0.2, 0.25) is 0 Å². The standard InChI is InChI=1S/C15H22N4O/c16-12(10-11-6-2-1-3-7-11)15(20)19-9-5-4-8-13(19)14(17)18/h1-3,6-7,12-13H,4-5,8-10,16H2,(H3,17,18)/t12-,13?/m0/s1. The fourth-order valence-corrected chi connectivity index (χ4v) is 2.69. The zero-order valence-electron chi connectivity index (χ0n) is 11.6. The van der Waals surface area contributed by atoms with Crippen LogP contribution < -0.4 is 11.5 Å². The van der Waals surface area contributed by atoms with Crippen molar-refractivity contribution in [1.29, 1.82) is 5.41 Å². The lowest BCUT2D eigenvalue weighted by atomic mass is 9.98. The highest BCUT2D eigenvalue weighted by Gasteiger charge is 2.31. The molecule has 1 saturated heterocycles. The van der Waals surface area contributed by atoms with Gasteiger partial charge < -0.3 is 16.4 Å². The first-order valence-corrected chi connectivity index (χ1v) is 7.03. The summed E-state index contributed by atoms with van der Waals surface area (Å²) in [4.78, 5) is 14.1. The first kappa shape index (κ1) is 14.5. The van der Waals surface area contributed by atoms with E-state index in [1.54, 1.807) is 4.90 Å². The number of amidine groups is 1. The maximum absolute atomic E-state index is 12.5. The monoisotopic (exact) mass is 274 g/mol. The molecule has 1 aliphatic rings. The molecule has 108 valence electrons. The summed E-state index contributed by atoms with van der Waals surface area (Å²) in [5.74, 6) is -0.0429. The van der Waals surface area contributed by atoms with E-state index in [9.17, 15) is 4.79 Å². The molecule has 1 aromatic rings. The van der Waals surface area contributed by atoms with Gasteiger partial charge in [0.2, 0.25) is 5.91 Å². The highest BCUT2D eigenvalue weighted by Crippen LogP contribution is 2.18. The molecule has 0 bridgehead atoms. The first-order chi connectivity index (χ1) is 9.59. The van der Waals surface area contributed by atoms with Crippen molar-refractivity contribution in [3.8, 4) is 0 Å². The summed E-state index contributed by atoms with van der Waals surface area (Å²) in [5.41, 5.74) is 12.7. The molecule has 0 radical (unpaired) electrons. The van der Waals surface area contributed by atoms with E-state index in [2.05, 4.69) is 0 Å². The summed E-state index contributed by atoms with van der Waals surface area (Å²) < 4.78 is 0. The van der Waals surface area contributed by atoms with Gasteiger partial charge in [-0.2, -0.15) is 0 Å². The number of hydrogen-bond donors (Lipinski definition) is 3. The summed E-state index contributed by atoms with van der Waals surface area (Å²) in [7, 11) is 0. The molecule has 0 aromatic heterocycles. The minimum Gasteiger partial charge on any atom is -0.386 e. The second-order valence-electron chi connectivity index (χ2n) is 5.29. The molecule has 1 heterocycles. The molecule has 1 fully saturated rings. The van der Waals surface area contributed by atoms with Gasteiger partial charge in [-0.15, -0.1) is 0 Å². The van der Waals surface area contributed by atoms with Crippen LogP contribution >= 0.6 is 0 Å². The number of nitrogens with two attached hydrogens (primary N) is 2. The van der Waals surface area contributed by atoms with Crippen LogP contribution in [0.3, 0.4) is 0 Å². The van der Waals surface area contributed by atoms with Crippen molar-refractivity contribution in [2.75, 3.05) is 6.54 Å². The minimum absolute atomic E-state index is 0.0601. The van der Waals surface area contributed by atoms with Gasteiger partial charge in [0, 0.05) is 6.54 Å². The Morgan fingerprint density at radius 2 is 2.05 bits per heavy atom. The number of rotatable bonds is 4. The van der Waals surface area contributed by atoms with Crippen LogP contribution in [0.1, 0.15) is 24.8 Å². The average Bonchev–Trinajstić information content (AvgIpc) is 2.47. The fourth-order valence-electron chi connectivity index (χ4n) is 2.69. The van der Waals surface area contributed by atoms with Gasteiger partial charge in [-0.1, -0.05) is 30.3 Å². The number of nitrogens with one attached hydrogen (secondary N) is 1. The number of carbonyl (C=O) groups excluding carboxylic acids is 1. The van der Waals surface area contributed by atoms with Gasteiger partial charge in [-0.05, 0) is 31.2 Å². The quantitative estimate of drug-likeness (QED) is 0.561. The number of likely N-dealkylation sites (tertiary alicyclic amines) is 1. The average molecular weight is 274 g/mol. The third-order valence-electron chi connectivity index (χ3n) is 3.76. The molecule has 1 aliphatic heterocycles. The van der Waals surface area contributed by atoms with Gasteiger partial charge in [-0.25, -0.2) is 0 Å². The van der Waals surface area contributed by atoms with Gasteiger partial charge in [0.1, 0.15) is 5.84 Å². The highest BCUT2D eigenvalue weighted by atomic mass is 16.2. The minimum atomic E-state index is -0.572. The maximum Gasteiger partial charge on any atom is 0.240 e. The van der Waals surface area contributed by atoms with Crippen LogP contribution in [-0.4, -0.2) is 35.3 Å². The van der Waals surface area contributed by atoms with Gasteiger partial charge in [0.05, 0.1) is 12.1 Å². The number of amides is 1. The molecule has 5 nitrogen and oxygen atoms in total. The molecule has 0 aliphatic carbocycles. The smallest absolute Gasteiger partial charge is 0.240 e. The Labute approximate surface area is 119 Å². The SMILES string of the molecule is N=C(N)C1CCCCN1C(=O)[C@@H](N)Cc1ccccc1. The number of piperidine rings is 1. The first-order valence-electron chi connectivity index (χ1n) is 7.03. The predicted molar refractivity (Wildman–Crippen MR) is 79.4 cm³/mol. The molecule has 1 unspecified atom stereocenters. The second-order valence-corrected chi connectivity index (χ2v) is 5.29. The summed E-state index contributed by atoms with van der Waals surface area (Å²) in [6.45, 7) is 0.644. The van der Waals surface area contributed by atoms with Gasteiger partial charge in [-0.3, -0.25) is 10.2 Å². The van der Waals surface area contributed by atoms with Gasteiger partial charge in [0.15, 0.2) is 0 Å². The summed E-state index contributed by atoms with van der Waals surface area (Å²) in [6.07, 6.45) is 3.23. The molecular weight excluding hydrogens is 252 g/mol. The normalized spacial score (nSPS) is 20.4. The molecule has 2 rings (SSSR count). The Morgan fingerprint density at radius 3 is 2.70 bits per heavy atom. The summed E-state index contributed by atoms with van der Waals surface area (Å²) >= 11 is 0. The Bertz CT molecular complexity index is 474.